The van der Waals surface area contributed by atoms with Crippen molar-refractivity contribution in [2.75, 3.05) is 12.3 Å². The normalized spacial score (nSPS) is 11.1. The topological polar surface area (TPSA) is 12.0 Å². The van der Waals surface area contributed by atoms with Gasteiger partial charge in [-0.1, -0.05) is 31.5 Å². The Bertz CT molecular complexity index is 311. The Morgan fingerprint density at radius 1 is 1.44 bits per heavy atom. The van der Waals surface area contributed by atoms with Crippen molar-refractivity contribution in [2.45, 2.75) is 25.6 Å². The van der Waals surface area contributed by atoms with Crippen molar-refractivity contribution in [3.63, 3.8) is 0 Å². The molecule has 0 fully saturated rings. The number of benzene rings is 1. The third kappa shape index (κ3) is 4.73. The fourth-order valence-corrected chi connectivity index (χ4v) is 2.48. The van der Waals surface area contributed by atoms with Crippen molar-refractivity contribution >= 4 is 23.4 Å². The van der Waals surface area contributed by atoms with Gasteiger partial charge in [0.1, 0.15) is 5.82 Å². The minimum atomic E-state index is -0.211. The maximum Gasteiger partial charge on any atom is 0.128 e. The molecule has 0 atom stereocenters. The van der Waals surface area contributed by atoms with E-state index in [1.807, 2.05) is 0 Å². The highest BCUT2D eigenvalue weighted by Crippen LogP contribution is 2.23. The molecular formula is C12H17ClFNS. The second-order valence-corrected chi connectivity index (χ2v) is 5.37. The van der Waals surface area contributed by atoms with Gasteiger partial charge in [-0.2, -0.15) is 11.8 Å². The Labute approximate surface area is 106 Å². The van der Waals surface area contributed by atoms with Crippen molar-refractivity contribution in [2.24, 2.45) is 0 Å². The highest BCUT2D eigenvalue weighted by Gasteiger charge is 2.06. The molecular weight excluding hydrogens is 245 g/mol. The van der Waals surface area contributed by atoms with Crippen molar-refractivity contribution in [3.05, 3.63) is 34.6 Å². The largest absolute Gasteiger partial charge is 0.314 e. The predicted octanol–water partition coefficient (Wildman–Crippen LogP) is 3.71. The highest BCUT2D eigenvalue weighted by molar-refractivity contribution is 7.98. The van der Waals surface area contributed by atoms with Gasteiger partial charge in [0.2, 0.25) is 0 Å². The monoisotopic (exact) mass is 261 g/mol. The summed E-state index contributed by atoms with van der Waals surface area (Å²) >= 11 is 7.61. The van der Waals surface area contributed by atoms with Gasteiger partial charge in [-0.3, -0.25) is 0 Å². The van der Waals surface area contributed by atoms with Crippen LogP contribution in [0.25, 0.3) is 0 Å². The molecule has 0 heterocycles. The van der Waals surface area contributed by atoms with Gasteiger partial charge < -0.3 is 5.32 Å². The molecule has 1 rings (SSSR count). The standard InChI is InChI=1S/C12H17ClFNS/c1-9(2)15-6-7-16-8-10-11(13)4-3-5-12(10)14/h3-5,9,15H,6-8H2,1-2H3. The Kier molecular flexibility index (Phi) is 6.17. The summed E-state index contributed by atoms with van der Waals surface area (Å²) in [5, 5.41) is 3.83. The van der Waals surface area contributed by atoms with E-state index in [0.717, 1.165) is 12.3 Å². The minimum absolute atomic E-state index is 0.211. The molecule has 0 saturated heterocycles. The summed E-state index contributed by atoms with van der Waals surface area (Å²) in [5.41, 5.74) is 0.610. The van der Waals surface area contributed by atoms with E-state index in [2.05, 4.69) is 19.2 Å². The van der Waals surface area contributed by atoms with Gasteiger partial charge in [-0.15, -0.1) is 0 Å². The lowest BCUT2D eigenvalue weighted by molar-refractivity contribution is 0.614. The molecule has 0 radical (unpaired) electrons. The summed E-state index contributed by atoms with van der Waals surface area (Å²) < 4.78 is 13.4. The highest BCUT2D eigenvalue weighted by atomic mass is 35.5. The van der Waals surface area contributed by atoms with Crippen LogP contribution in [0, 0.1) is 5.82 Å². The van der Waals surface area contributed by atoms with Crippen molar-refractivity contribution in [1.82, 2.24) is 5.32 Å². The number of rotatable bonds is 6. The molecule has 0 bridgehead atoms. The zero-order valence-corrected chi connectivity index (χ0v) is 11.2. The minimum Gasteiger partial charge on any atom is -0.314 e. The Morgan fingerprint density at radius 3 is 2.81 bits per heavy atom. The second kappa shape index (κ2) is 7.15. The van der Waals surface area contributed by atoms with Gasteiger partial charge >= 0.3 is 0 Å². The Hall–Kier alpha value is -0.250. The van der Waals surface area contributed by atoms with Crippen LogP contribution in [0.5, 0.6) is 0 Å². The molecule has 0 aliphatic carbocycles. The fraction of sp³-hybridized carbons (Fsp3) is 0.500. The molecule has 0 aromatic heterocycles. The zero-order chi connectivity index (χ0) is 12.0. The van der Waals surface area contributed by atoms with Crippen LogP contribution in [-0.4, -0.2) is 18.3 Å². The lowest BCUT2D eigenvalue weighted by atomic mass is 10.2. The molecule has 1 aromatic rings. The summed E-state index contributed by atoms with van der Waals surface area (Å²) in [6.45, 7) is 5.16. The van der Waals surface area contributed by atoms with Crippen LogP contribution >= 0.6 is 23.4 Å². The number of hydrogen-bond acceptors (Lipinski definition) is 2. The van der Waals surface area contributed by atoms with Crippen LogP contribution in [0.4, 0.5) is 4.39 Å². The molecule has 0 aliphatic heterocycles. The molecule has 90 valence electrons. The van der Waals surface area contributed by atoms with Gasteiger partial charge in [0.05, 0.1) is 0 Å². The Morgan fingerprint density at radius 2 is 2.19 bits per heavy atom. The van der Waals surface area contributed by atoms with Crippen LogP contribution in [0.2, 0.25) is 5.02 Å². The molecule has 16 heavy (non-hydrogen) atoms. The molecule has 1 aromatic carbocycles. The molecule has 4 heteroatoms. The van der Waals surface area contributed by atoms with Crippen LogP contribution < -0.4 is 5.32 Å². The van der Waals surface area contributed by atoms with Gasteiger partial charge in [-0.25, -0.2) is 4.39 Å². The van der Waals surface area contributed by atoms with Crippen LogP contribution in [0.3, 0.4) is 0 Å². The third-order valence-corrected chi connectivity index (χ3v) is 3.45. The number of halogens is 2. The smallest absolute Gasteiger partial charge is 0.128 e. The van der Waals surface area contributed by atoms with E-state index < -0.39 is 0 Å². The molecule has 0 spiro atoms. The maximum atomic E-state index is 13.4. The van der Waals surface area contributed by atoms with Crippen LogP contribution in [0.1, 0.15) is 19.4 Å². The van der Waals surface area contributed by atoms with Crippen molar-refractivity contribution in [3.8, 4) is 0 Å². The zero-order valence-electron chi connectivity index (χ0n) is 9.59. The SMILES string of the molecule is CC(C)NCCSCc1c(F)cccc1Cl. The summed E-state index contributed by atoms with van der Waals surface area (Å²) in [6, 6.07) is 5.31. The van der Waals surface area contributed by atoms with Gasteiger partial charge in [0.25, 0.3) is 0 Å². The Balaban J connectivity index is 2.32. The third-order valence-electron chi connectivity index (χ3n) is 2.11. The average Bonchev–Trinajstić information content (AvgIpc) is 2.21. The summed E-state index contributed by atoms with van der Waals surface area (Å²) in [6.07, 6.45) is 0. The predicted molar refractivity (Wildman–Crippen MR) is 70.7 cm³/mol. The van der Waals surface area contributed by atoms with E-state index in [-0.39, 0.29) is 5.82 Å². The number of nitrogens with one attached hydrogen (secondary N) is 1. The first-order chi connectivity index (χ1) is 7.61. The number of hydrogen-bond donors (Lipinski definition) is 1. The molecule has 0 amide bonds. The second-order valence-electron chi connectivity index (χ2n) is 3.86. The summed E-state index contributed by atoms with van der Waals surface area (Å²) in [4.78, 5) is 0. The van der Waals surface area contributed by atoms with Gasteiger partial charge in [0, 0.05) is 34.7 Å². The van der Waals surface area contributed by atoms with Crippen molar-refractivity contribution < 1.29 is 4.39 Å². The quantitative estimate of drug-likeness (QED) is 0.784. The first-order valence-corrected chi connectivity index (χ1v) is 6.88. The van der Waals surface area contributed by atoms with E-state index in [9.17, 15) is 4.39 Å². The average molecular weight is 262 g/mol. The molecule has 0 unspecified atom stereocenters. The van der Waals surface area contributed by atoms with Gasteiger partial charge in [-0.05, 0) is 12.1 Å². The maximum absolute atomic E-state index is 13.4. The van der Waals surface area contributed by atoms with E-state index in [1.165, 1.54) is 6.07 Å². The molecule has 1 N–H and O–H groups in total. The summed E-state index contributed by atoms with van der Waals surface area (Å²) in [7, 11) is 0. The van der Waals surface area contributed by atoms with E-state index in [0.29, 0.717) is 22.4 Å². The van der Waals surface area contributed by atoms with Gasteiger partial charge in [0.15, 0.2) is 0 Å². The number of thioether (sulfide) groups is 1. The first kappa shape index (κ1) is 13.8. The molecule has 0 aliphatic rings. The van der Waals surface area contributed by atoms with Crippen molar-refractivity contribution in [1.29, 1.82) is 0 Å². The van der Waals surface area contributed by atoms with E-state index in [4.69, 9.17) is 11.6 Å². The molecule has 1 nitrogen and oxygen atoms in total. The molecule has 0 saturated carbocycles. The fourth-order valence-electron chi connectivity index (χ4n) is 1.26. The lowest BCUT2D eigenvalue weighted by Gasteiger charge is -2.08. The van der Waals surface area contributed by atoms with Crippen LogP contribution in [0.15, 0.2) is 18.2 Å². The first-order valence-electron chi connectivity index (χ1n) is 5.35. The summed E-state index contributed by atoms with van der Waals surface area (Å²) in [5.74, 6) is 1.38. The van der Waals surface area contributed by atoms with E-state index in [1.54, 1.807) is 23.9 Å². The van der Waals surface area contributed by atoms with Crippen LogP contribution in [-0.2, 0) is 5.75 Å². The lowest BCUT2D eigenvalue weighted by Crippen LogP contribution is -2.24. The van der Waals surface area contributed by atoms with E-state index >= 15 is 0 Å².